The number of carbonyl (C=O) groups is 1. The number of aliphatic hydroxyl groups is 1. The molecule has 1 amide bonds. The molecule has 1 aliphatic rings. The van der Waals surface area contributed by atoms with Crippen molar-refractivity contribution in [2.24, 2.45) is 5.92 Å². The van der Waals surface area contributed by atoms with E-state index in [4.69, 9.17) is 22.4 Å². The van der Waals surface area contributed by atoms with E-state index in [0.29, 0.717) is 12.2 Å². The summed E-state index contributed by atoms with van der Waals surface area (Å²) in [4.78, 5) is 18.4. The molecular formula is C11H14ClN5O2. The molecule has 0 radical (unpaired) electrons. The predicted molar refractivity (Wildman–Crippen MR) is 72.9 cm³/mol. The van der Waals surface area contributed by atoms with E-state index >= 15 is 0 Å². The van der Waals surface area contributed by atoms with Gasteiger partial charge in [0.15, 0.2) is 11.0 Å². The van der Waals surface area contributed by atoms with Crippen LogP contribution in [0.4, 0.5) is 17.5 Å². The van der Waals surface area contributed by atoms with Gasteiger partial charge in [-0.05, 0) is 6.42 Å². The van der Waals surface area contributed by atoms with Gasteiger partial charge < -0.3 is 21.5 Å². The van der Waals surface area contributed by atoms with E-state index in [1.165, 1.54) is 0 Å². The van der Waals surface area contributed by atoms with Crippen molar-refractivity contribution in [2.75, 3.05) is 23.0 Å². The summed E-state index contributed by atoms with van der Waals surface area (Å²) in [5, 5.41) is 14.7. The first-order valence-electron chi connectivity index (χ1n) is 5.73. The maximum Gasteiger partial charge on any atom is 0.223 e. The summed E-state index contributed by atoms with van der Waals surface area (Å²) in [7, 11) is 0. The molecule has 1 aromatic heterocycles. The molecule has 0 saturated heterocycles. The van der Waals surface area contributed by atoms with Gasteiger partial charge in [-0.2, -0.15) is 9.97 Å². The monoisotopic (exact) mass is 283 g/mol. The number of nitrogens with zero attached hydrogens (tertiary/aromatic N) is 2. The largest absolute Gasteiger partial charge is 0.396 e. The number of anilines is 3. The fraction of sp³-hybridized carbons (Fsp3) is 0.364. The zero-order valence-electron chi connectivity index (χ0n) is 10.0. The lowest BCUT2D eigenvalue weighted by Gasteiger charge is -2.16. The third-order valence-corrected chi connectivity index (χ3v) is 3.09. The minimum atomic E-state index is -0.00489. The Hall–Kier alpha value is -1.86. The lowest BCUT2D eigenvalue weighted by atomic mass is 10.1. The minimum absolute atomic E-state index is 0.00489. The first kappa shape index (κ1) is 13.6. The summed E-state index contributed by atoms with van der Waals surface area (Å²) in [6.45, 7) is 0.0980. The van der Waals surface area contributed by atoms with Crippen LogP contribution in [0.25, 0.3) is 0 Å². The number of aromatic nitrogens is 2. The number of nitrogens with one attached hydrogen (secondary N) is 2. The van der Waals surface area contributed by atoms with Crippen LogP contribution in [0.1, 0.15) is 6.42 Å². The van der Waals surface area contributed by atoms with Gasteiger partial charge in [0.1, 0.15) is 5.69 Å². The Labute approximate surface area is 114 Å². The molecule has 1 aliphatic carbocycles. The smallest absolute Gasteiger partial charge is 0.223 e. The van der Waals surface area contributed by atoms with Gasteiger partial charge in [-0.15, -0.1) is 0 Å². The predicted octanol–water partition coefficient (Wildman–Crippen LogP) is 0.629. The van der Waals surface area contributed by atoms with Crippen LogP contribution in [0, 0.1) is 5.92 Å². The quantitative estimate of drug-likeness (QED) is 0.358. The molecule has 1 unspecified atom stereocenters. The van der Waals surface area contributed by atoms with Crippen LogP contribution in [0.5, 0.6) is 0 Å². The molecule has 2 atom stereocenters. The zero-order chi connectivity index (χ0) is 13.8. The number of hydrogen-bond donors (Lipinski definition) is 4. The van der Waals surface area contributed by atoms with Crippen LogP contribution in [0.15, 0.2) is 12.2 Å². The molecule has 0 saturated carbocycles. The van der Waals surface area contributed by atoms with E-state index in [1.54, 1.807) is 0 Å². The molecule has 8 heteroatoms. The van der Waals surface area contributed by atoms with Gasteiger partial charge in [0.25, 0.3) is 0 Å². The number of rotatable bonds is 5. The molecule has 1 aromatic rings. The molecule has 0 aliphatic heterocycles. The van der Waals surface area contributed by atoms with Crippen molar-refractivity contribution < 1.29 is 9.90 Å². The van der Waals surface area contributed by atoms with Gasteiger partial charge >= 0.3 is 0 Å². The van der Waals surface area contributed by atoms with E-state index < -0.39 is 0 Å². The highest BCUT2D eigenvalue weighted by molar-refractivity contribution is 6.33. The van der Waals surface area contributed by atoms with E-state index in [2.05, 4.69) is 20.6 Å². The number of nitrogen functional groups attached to an aromatic ring is 1. The minimum Gasteiger partial charge on any atom is -0.396 e. The lowest BCUT2D eigenvalue weighted by Crippen LogP contribution is -2.19. The Morgan fingerprint density at radius 3 is 2.95 bits per heavy atom. The summed E-state index contributed by atoms with van der Waals surface area (Å²) in [6.07, 6.45) is 5.08. The van der Waals surface area contributed by atoms with Crippen LogP contribution in [0.2, 0.25) is 5.15 Å². The van der Waals surface area contributed by atoms with Crippen molar-refractivity contribution in [1.82, 2.24) is 9.97 Å². The van der Waals surface area contributed by atoms with Crippen LogP contribution in [0.3, 0.4) is 0 Å². The van der Waals surface area contributed by atoms with Gasteiger partial charge in [0, 0.05) is 18.6 Å². The molecule has 7 nitrogen and oxygen atoms in total. The van der Waals surface area contributed by atoms with Crippen LogP contribution in [-0.4, -0.2) is 34.1 Å². The summed E-state index contributed by atoms with van der Waals surface area (Å²) < 4.78 is 0. The highest BCUT2D eigenvalue weighted by atomic mass is 35.5. The third kappa shape index (κ3) is 3.12. The van der Waals surface area contributed by atoms with Crippen molar-refractivity contribution in [3.05, 3.63) is 17.3 Å². The molecule has 0 bridgehead atoms. The molecule has 0 aromatic carbocycles. The molecule has 5 N–H and O–H groups in total. The maximum absolute atomic E-state index is 10.6. The first-order chi connectivity index (χ1) is 9.13. The average molecular weight is 284 g/mol. The van der Waals surface area contributed by atoms with Gasteiger partial charge in [-0.25, -0.2) is 0 Å². The van der Waals surface area contributed by atoms with Gasteiger partial charge in [0.05, 0.1) is 0 Å². The second-order valence-corrected chi connectivity index (χ2v) is 4.53. The molecule has 0 spiro atoms. The van der Waals surface area contributed by atoms with E-state index in [0.717, 1.165) is 6.42 Å². The molecule has 102 valence electrons. The summed E-state index contributed by atoms with van der Waals surface area (Å²) in [5.41, 5.74) is 5.82. The van der Waals surface area contributed by atoms with Crippen molar-refractivity contribution in [2.45, 2.75) is 12.5 Å². The summed E-state index contributed by atoms with van der Waals surface area (Å²) in [6, 6.07) is -0.00489. The Kier molecular flexibility index (Phi) is 4.18. The maximum atomic E-state index is 10.6. The van der Waals surface area contributed by atoms with Crippen molar-refractivity contribution in [3.63, 3.8) is 0 Å². The van der Waals surface area contributed by atoms with Crippen molar-refractivity contribution in [3.8, 4) is 0 Å². The third-order valence-electron chi connectivity index (χ3n) is 2.81. The first-order valence-corrected chi connectivity index (χ1v) is 6.10. The highest BCUT2D eigenvalue weighted by Crippen LogP contribution is 2.30. The van der Waals surface area contributed by atoms with E-state index in [1.807, 2.05) is 12.2 Å². The fourth-order valence-electron chi connectivity index (χ4n) is 1.93. The fourth-order valence-corrected chi connectivity index (χ4v) is 2.16. The van der Waals surface area contributed by atoms with E-state index in [9.17, 15) is 4.79 Å². The number of carbonyl (C=O) groups excluding carboxylic acids is 1. The summed E-state index contributed by atoms with van der Waals surface area (Å²) >= 11 is 5.90. The lowest BCUT2D eigenvalue weighted by molar-refractivity contribution is -0.105. The zero-order valence-corrected chi connectivity index (χ0v) is 10.8. The van der Waals surface area contributed by atoms with Crippen molar-refractivity contribution in [1.29, 1.82) is 0 Å². The highest BCUT2D eigenvalue weighted by Gasteiger charge is 2.20. The van der Waals surface area contributed by atoms with Gasteiger partial charge in [-0.1, -0.05) is 23.8 Å². The average Bonchev–Trinajstić information content (AvgIpc) is 2.81. The Bertz CT molecular complexity index is 508. The van der Waals surface area contributed by atoms with Crippen LogP contribution in [-0.2, 0) is 4.79 Å². The Morgan fingerprint density at radius 1 is 1.53 bits per heavy atom. The van der Waals surface area contributed by atoms with Crippen LogP contribution < -0.4 is 16.4 Å². The molecule has 19 heavy (non-hydrogen) atoms. The molecule has 1 heterocycles. The van der Waals surface area contributed by atoms with Gasteiger partial charge in [-0.3, -0.25) is 4.79 Å². The normalized spacial score (nSPS) is 21.4. The molecular weight excluding hydrogens is 270 g/mol. The second-order valence-electron chi connectivity index (χ2n) is 4.17. The number of halogens is 1. The number of amides is 1. The second kappa shape index (κ2) is 5.85. The SMILES string of the molecule is Nc1nc(Cl)c(NC=O)c(N[C@H]2C=CC(CO)C2)n1. The standard InChI is InChI=1S/C11H14ClN5O2/c12-9-8(14-5-19)10(17-11(13)16-9)15-7-2-1-6(3-7)4-18/h1-2,5-7,18H,3-4H2,(H,14,19)(H3,13,15,16,17)/t6?,7-/m0/s1. The van der Waals surface area contributed by atoms with Crippen LogP contribution >= 0.6 is 11.6 Å². The summed E-state index contributed by atoms with van der Waals surface area (Å²) in [5.74, 6) is 0.497. The van der Waals surface area contributed by atoms with Gasteiger partial charge in [0.2, 0.25) is 12.4 Å². The van der Waals surface area contributed by atoms with E-state index in [-0.39, 0.29) is 35.4 Å². The Morgan fingerprint density at radius 2 is 2.32 bits per heavy atom. The number of nitrogens with two attached hydrogens (primary N) is 1. The Balaban J connectivity index is 2.19. The molecule has 0 fully saturated rings. The van der Waals surface area contributed by atoms with Crippen molar-refractivity contribution >= 4 is 35.5 Å². The topological polar surface area (TPSA) is 113 Å². The molecule has 2 rings (SSSR count). The number of aliphatic hydroxyl groups excluding tert-OH is 1. The number of hydrogen-bond acceptors (Lipinski definition) is 6.